The first kappa shape index (κ1) is 23.4. The SMILES string of the molecule is COc1cccc(CNC(=O)Cc2cc(=O)[nH]c(SCC(=O)Nc3ccc(Cl)cc3)n2)c1. The van der Waals surface area contributed by atoms with Crippen LogP contribution in [0.25, 0.3) is 0 Å². The summed E-state index contributed by atoms with van der Waals surface area (Å²) in [6, 6.07) is 15.4. The Labute approximate surface area is 193 Å². The van der Waals surface area contributed by atoms with Crippen LogP contribution < -0.4 is 20.9 Å². The van der Waals surface area contributed by atoms with Gasteiger partial charge in [-0.3, -0.25) is 14.4 Å². The highest BCUT2D eigenvalue weighted by Crippen LogP contribution is 2.16. The fourth-order valence-corrected chi connectivity index (χ4v) is 3.54. The van der Waals surface area contributed by atoms with E-state index in [2.05, 4.69) is 20.6 Å². The number of carbonyl (C=O) groups is 2. The molecule has 0 aliphatic heterocycles. The zero-order valence-corrected chi connectivity index (χ0v) is 18.8. The van der Waals surface area contributed by atoms with E-state index in [9.17, 15) is 14.4 Å². The van der Waals surface area contributed by atoms with Gasteiger partial charge < -0.3 is 20.4 Å². The quantitative estimate of drug-likeness (QED) is 0.326. The average molecular weight is 473 g/mol. The summed E-state index contributed by atoms with van der Waals surface area (Å²) in [4.78, 5) is 43.2. The number of aromatic nitrogens is 2. The van der Waals surface area contributed by atoms with Gasteiger partial charge in [0.2, 0.25) is 11.8 Å². The summed E-state index contributed by atoms with van der Waals surface area (Å²) in [5.74, 6) is 0.204. The molecule has 0 aliphatic carbocycles. The van der Waals surface area contributed by atoms with Crippen LogP contribution in [0.15, 0.2) is 64.5 Å². The van der Waals surface area contributed by atoms with Gasteiger partial charge in [-0.15, -0.1) is 0 Å². The lowest BCUT2D eigenvalue weighted by molar-refractivity contribution is -0.120. The average Bonchev–Trinajstić information content (AvgIpc) is 2.78. The molecule has 0 spiro atoms. The minimum atomic E-state index is -0.392. The lowest BCUT2D eigenvalue weighted by atomic mass is 10.2. The van der Waals surface area contributed by atoms with E-state index in [1.165, 1.54) is 6.07 Å². The van der Waals surface area contributed by atoms with Crippen molar-refractivity contribution in [1.82, 2.24) is 15.3 Å². The van der Waals surface area contributed by atoms with Crippen molar-refractivity contribution in [2.75, 3.05) is 18.2 Å². The lowest BCUT2D eigenvalue weighted by Crippen LogP contribution is -2.26. The van der Waals surface area contributed by atoms with Gasteiger partial charge >= 0.3 is 0 Å². The first-order chi connectivity index (χ1) is 15.4. The third-order valence-electron chi connectivity index (χ3n) is 4.21. The number of anilines is 1. The zero-order chi connectivity index (χ0) is 22.9. The van der Waals surface area contributed by atoms with Gasteiger partial charge in [0.1, 0.15) is 5.75 Å². The van der Waals surface area contributed by atoms with Crippen LogP contribution in [0.5, 0.6) is 5.75 Å². The Balaban J connectivity index is 1.52. The van der Waals surface area contributed by atoms with Crippen molar-refractivity contribution in [2.24, 2.45) is 0 Å². The van der Waals surface area contributed by atoms with Gasteiger partial charge in [0, 0.05) is 23.3 Å². The molecule has 0 fully saturated rings. The van der Waals surface area contributed by atoms with Gasteiger partial charge in [-0.25, -0.2) is 4.98 Å². The number of hydrogen-bond donors (Lipinski definition) is 3. The Morgan fingerprint density at radius 2 is 1.91 bits per heavy atom. The predicted molar refractivity (Wildman–Crippen MR) is 124 cm³/mol. The monoisotopic (exact) mass is 472 g/mol. The number of aromatic amines is 1. The Morgan fingerprint density at radius 3 is 2.66 bits per heavy atom. The number of methoxy groups -OCH3 is 1. The van der Waals surface area contributed by atoms with E-state index in [0.717, 1.165) is 17.3 Å². The van der Waals surface area contributed by atoms with E-state index in [-0.39, 0.29) is 29.1 Å². The van der Waals surface area contributed by atoms with Gasteiger partial charge in [0.25, 0.3) is 5.56 Å². The second-order valence-electron chi connectivity index (χ2n) is 6.69. The minimum absolute atomic E-state index is 0.0387. The van der Waals surface area contributed by atoms with E-state index in [4.69, 9.17) is 16.3 Å². The molecule has 1 heterocycles. The van der Waals surface area contributed by atoms with Crippen LogP contribution in [-0.2, 0) is 22.6 Å². The van der Waals surface area contributed by atoms with Crippen molar-refractivity contribution in [3.05, 3.63) is 81.2 Å². The fourth-order valence-electron chi connectivity index (χ4n) is 2.72. The number of carbonyl (C=O) groups excluding carboxylic acids is 2. The molecule has 0 aliphatic rings. The van der Waals surface area contributed by atoms with Crippen molar-refractivity contribution in [3.63, 3.8) is 0 Å². The Hall–Kier alpha value is -3.30. The minimum Gasteiger partial charge on any atom is -0.497 e. The maximum atomic E-state index is 12.3. The standard InChI is InChI=1S/C22H21ClN4O4S/c1-31-18-4-2-3-14(9-18)12-24-19(28)10-17-11-20(29)27-22(26-17)32-13-21(30)25-16-7-5-15(23)6-8-16/h2-9,11H,10,12-13H2,1H3,(H,24,28)(H,25,30)(H,26,27,29). The molecule has 3 rings (SSSR count). The number of rotatable bonds is 9. The largest absolute Gasteiger partial charge is 0.497 e. The molecule has 0 atom stereocenters. The summed E-state index contributed by atoms with van der Waals surface area (Å²) in [6.45, 7) is 0.325. The number of nitrogens with one attached hydrogen (secondary N) is 3. The molecule has 2 aromatic carbocycles. The summed E-state index contributed by atoms with van der Waals surface area (Å²) >= 11 is 6.90. The molecular formula is C22H21ClN4O4S. The molecule has 2 amide bonds. The molecular weight excluding hydrogens is 452 g/mol. The summed E-state index contributed by atoms with van der Waals surface area (Å²) < 4.78 is 5.16. The van der Waals surface area contributed by atoms with Crippen LogP contribution in [0.2, 0.25) is 5.02 Å². The molecule has 3 N–H and O–H groups in total. The van der Waals surface area contributed by atoms with Crippen molar-refractivity contribution in [2.45, 2.75) is 18.1 Å². The number of H-pyrrole nitrogens is 1. The van der Waals surface area contributed by atoms with Crippen molar-refractivity contribution in [1.29, 1.82) is 0 Å². The van der Waals surface area contributed by atoms with Gasteiger partial charge in [0.15, 0.2) is 5.16 Å². The molecule has 1 aromatic heterocycles. The second kappa shape index (κ2) is 11.4. The molecule has 0 radical (unpaired) electrons. The van der Waals surface area contributed by atoms with E-state index in [1.807, 2.05) is 24.3 Å². The van der Waals surface area contributed by atoms with Crippen LogP contribution in [0.4, 0.5) is 5.69 Å². The van der Waals surface area contributed by atoms with E-state index >= 15 is 0 Å². The summed E-state index contributed by atoms with van der Waals surface area (Å²) in [7, 11) is 1.58. The van der Waals surface area contributed by atoms with Crippen LogP contribution in [0, 0.1) is 0 Å². The van der Waals surface area contributed by atoms with Crippen LogP contribution in [-0.4, -0.2) is 34.6 Å². The second-order valence-corrected chi connectivity index (χ2v) is 8.09. The number of ether oxygens (including phenoxy) is 1. The number of nitrogens with zero attached hydrogens (tertiary/aromatic N) is 1. The highest BCUT2D eigenvalue weighted by Gasteiger charge is 2.10. The number of benzene rings is 2. The van der Waals surface area contributed by atoms with Crippen molar-refractivity contribution < 1.29 is 14.3 Å². The van der Waals surface area contributed by atoms with Crippen LogP contribution in [0.3, 0.4) is 0 Å². The van der Waals surface area contributed by atoms with Crippen molar-refractivity contribution >= 4 is 40.9 Å². The molecule has 0 bridgehead atoms. The molecule has 32 heavy (non-hydrogen) atoms. The van der Waals surface area contributed by atoms with Crippen LogP contribution in [0.1, 0.15) is 11.3 Å². The molecule has 0 saturated carbocycles. The molecule has 10 heteroatoms. The summed E-state index contributed by atoms with van der Waals surface area (Å²) in [6.07, 6.45) is -0.0571. The Morgan fingerprint density at radius 1 is 1.12 bits per heavy atom. The fraction of sp³-hybridized carbons (Fsp3) is 0.182. The number of halogens is 1. The molecule has 166 valence electrons. The summed E-state index contributed by atoms with van der Waals surface area (Å²) in [5.41, 5.74) is 1.43. The maximum Gasteiger partial charge on any atom is 0.251 e. The third kappa shape index (κ3) is 7.44. The number of thioether (sulfide) groups is 1. The zero-order valence-electron chi connectivity index (χ0n) is 17.2. The molecule has 0 unspecified atom stereocenters. The Kier molecular flexibility index (Phi) is 8.29. The van der Waals surface area contributed by atoms with E-state index in [0.29, 0.717) is 28.7 Å². The third-order valence-corrected chi connectivity index (χ3v) is 5.33. The molecule has 8 nitrogen and oxygen atoms in total. The summed E-state index contributed by atoms with van der Waals surface area (Å²) in [5, 5.41) is 6.36. The predicted octanol–water partition coefficient (Wildman–Crippen LogP) is 3.02. The van der Waals surface area contributed by atoms with Crippen molar-refractivity contribution in [3.8, 4) is 5.75 Å². The molecule has 0 saturated heterocycles. The molecule has 3 aromatic rings. The topological polar surface area (TPSA) is 113 Å². The Bertz CT molecular complexity index is 1150. The first-order valence-electron chi connectivity index (χ1n) is 9.59. The van der Waals surface area contributed by atoms with E-state index in [1.54, 1.807) is 31.4 Å². The normalized spacial score (nSPS) is 10.4. The smallest absolute Gasteiger partial charge is 0.251 e. The number of amides is 2. The van der Waals surface area contributed by atoms with Gasteiger partial charge in [-0.05, 0) is 42.0 Å². The highest BCUT2D eigenvalue weighted by molar-refractivity contribution is 7.99. The van der Waals surface area contributed by atoms with Gasteiger partial charge in [0.05, 0.1) is 25.0 Å². The number of hydrogen-bond acceptors (Lipinski definition) is 6. The van der Waals surface area contributed by atoms with E-state index < -0.39 is 5.56 Å². The van der Waals surface area contributed by atoms with Gasteiger partial charge in [-0.2, -0.15) is 0 Å². The maximum absolute atomic E-state index is 12.3. The lowest BCUT2D eigenvalue weighted by Gasteiger charge is -2.08. The highest BCUT2D eigenvalue weighted by atomic mass is 35.5. The first-order valence-corrected chi connectivity index (χ1v) is 11.0. The van der Waals surface area contributed by atoms with Gasteiger partial charge in [-0.1, -0.05) is 35.5 Å². The van der Waals surface area contributed by atoms with Crippen LogP contribution >= 0.6 is 23.4 Å².